The van der Waals surface area contributed by atoms with E-state index in [0.717, 1.165) is 0 Å². The molecule has 3 atom stereocenters. The number of likely N-dealkylation sites (tertiary alicyclic amines) is 2. The van der Waals surface area contributed by atoms with Crippen LogP contribution in [0.25, 0.3) is 0 Å². The molecule has 2 aromatic rings. The number of nitrogens with zero attached hydrogens (tertiary/aromatic N) is 2. The summed E-state index contributed by atoms with van der Waals surface area (Å²) in [6.45, 7) is 6.66. The number of para-hydroxylation sites is 1. The fourth-order valence-corrected chi connectivity index (χ4v) is 5.26. The highest BCUT2D eigenvalue weighted by molar-refractivity contribution is 5.98. The van der Waals surface area contributed by atoms with E-state index in [0.29, 0.717) is 49.9 Å². The maximum absolute atomic E-state index is 13.4. The Morgan fingerprint density at radius 2 is 1.77 bits per heavy atom. The Kier molecular flexibility index (Phi) is 4.65. The molecule has 30 heavy (non-hydrogen) atoms. The van der Waals surface area contributed by atoms with E-state index in [1.807, 2.05) is 40.1 Å². The van der Waals surface area contributed by atoms with Gasteiger partial charge in [-0.15, -0.1) is 0 Å². The van der Waals surface area contributed by atoms with Crippen LogP contribution < -0.4 is 9.47 Å². The zero-order valence-corrected chi connectivity index (χ0v) is 17.3. The largest absolute Gasteiger partial charge is 0.486 e. The standard InChI is InChI=1S/C24H26N2O4/c1-15-6-3-4-7-18(15)22-20-14-25(12-17(20)13-26(22)16(2)27)24(28)19-8-5-9-21-23(19)30-11-10-29-21/h3-9,17,20,22H,10-14H2,1-2H3/t17-,20-,22+/m1/s1. The molecule has 2 saturated heterocycles. The summed E-state index contributed by atoms with van der Waals surface area (Å²) in [4.78, 5) is 29.7. The molecule has 0 aliphatic carbocycles. The van der Waals surface area contributed by atoms with Crippen molar-refractivity contribution in [2.75, 3.05) is 32.8 Å². The lowest BCUT2D eigenvalue weighted by Gasteiger charge is -2.30. The third-order valence-electron chi connectivity index (χ3n) is 6.66. The van der Waals surface area contributed by atoms with Crippen molar-refractivity contribution in [1.82, 2.24) is 9.80 Å². The van der Waals surface area contributed by atoms with Crippen LogP contribution in [0.3, 0.4) is 0 Å². The summed E-state index contributed by atoms with van der Waals surface area (Å²) in [7, 11) is 0. The molecule has 0 bridgehead atoms. The van der Waals surface area contributed by atoms with Crippen LogP contribution in [0.4, 0.5) is 0 Å². The summed E-state index contributed by atoms with van der Waals surface area (Å²) < 4.78 is 11.4. The number of ether oxygens (including phenoxy) is 2. The van der Waals surface area contributed by atoms with E-state index < -0.39 is 0 Å². The number of rotatable bonds is 2. The number of hydrogen-bond acceptors (Lipinski definition) is 4. The summed E-state index contributed by atoms with van der Waals surface area (Å²) in [6, 6.07) is 13.7. The van der Waals surface area contributed by atoms with Crippen molar-refractivity contribution in [3.63, 3.8) is 0 Å². The minimum atomic E-state index is -0.0235. The SMILES string of the molecule is CC(=O)N1C[C@H]2CN(C(=O)c3cccc4c3OCCO4)C[C@H]2[C@@H]1c1ccccc1C. The molecule has 0 saturated carbocycles. The van der Waals surface area contributed by atoms with Crippen molar-refractivity contribution < 1.29 is 19.1 Å². The van der Waals surface area contributed by atoms with Crippen LogP contribution in [-0.4, -0.2) is 54.5 Å². The van der Waals surface area contributed by atoms with Gasteiger partial charge in [0.1, 0.15) is 13.2 Å². The first-order valence-corrected chi connectivity index (χ1v) is 10.5. The average molecular weight is 406 g/mol. The Hall–Kier alpha value is -3.02. The lowest BCUT2D eigenvalue weighted by atomic mass is 9.87. The zero-order valence-electron chi connectivity index (χ0n) is 17.3. The molecular formula is C24H26N2O4. The molecule has 3 aliphatic heterocycles. The van der Waals surface area contributed by atoms with Gasteiger partial charge in [-0.05, 0) is 30.2 Å². The van der Waals surface area contributed by atoms with Gasteiger partial charge in [0.15, 0.2) is 11.5 Å². The van der Waals surface area contributed by atoms with Crippen LogP contribution in [0.15, 0.2) is 42.5 Å². The van der Waals surface area contributed by atoms with E-state index in [4.69, 9.17) is 9.47 Å². The van der Waals surface area contributed by atoms with Gasteiger partial charge >= 0.3 is 0 Å². The predicted molar refractivity (Wildman–Crippen MR) is 112 cm³/mol. The number of hydrogen-bond donors (Lipinski definition) is 0. The van der Waals surface area contributed by atoms with Crippen molar-refractivity contribution in [1.29, 1.82) is 0 Å². The molecule has 2 amide bonds. The van der Waals surface area contributed by atoms with Crippen LogP contribution in [-0.2, 0) is 4.79 Å². The Balaban J connectivity index is 1.43. The summed E-state index contributed by atoms with van der Waals surface area (Å²) in [6.07, 6.45) is 0. The van der Waals surface area contributed by atoms with Crippen LogP contribution >= 0.6 is 0 Å². The van der Waals surface area contributed by atoms with Gasteiger partial charge in [0.25, 0.3) is 5.91 Å². The molecule has 2 fully saturated rings. The Bertz CT molecular complexity index is 1000. The van der Waals surface area contributed by atoms with Gasteiger partial charge < -0.3 is 19.3 Å². The second-order valence-corrected chi connectivity index (χ2v) is 8.44. The lowest BCUT2D eigenvalue weighted by Crippen LogP contribution is -2.37. The summed E-state index contributed by atoms with van der Waals surface area (Å²) >= 11 is 0. The number of fused-ring (bicyclic) bond motifs is 2. The highest BCUT2D eigenvalue weighted by Gasteiger charge is 2.50. The van der Waals surface area contributed by atoms with Gasteiger partial charge in [-0.2, -0.15) is 0 Å². The molecule has 0 aromatic heterocycles. The fourth-order valence-electron chi connectivity index (χ4n) is 5.26. The van der Waals surface area contributed by atoms with Crippen LogP contribution in [0.2, 0.25) is 0 Å². The zero-order chi connectivity index (χ0) is 20.8. The van der Waals surface area contributed by atoms with Gasteiger partial charge in [-0.1, -0.05) is 30.3 Å². The molecule has 0 unspecified atom stereocenters. The maximum atomic E-state index is 13.4. The number of amides is 2. The van der Waals surface area contributed by atoms with Crippen molar-refractivity contribution in [2.45, 2.75) is 19.9 Å². The van der Waals surface area contributed by atoms with Crippen LogP contribution in [0.5, 0.6) is 11.5 Å². The number of carbonyl (C=O) groups is 2. The van der Waals surface area contributed by atoms with Gasteiger partial charge in [0, 0.05) is 38.4 Å². The number of aryl methyl sites for hydroxylation is 1. The molecule has 2 aromatic carbocycles. The Labute approximate surface area is 176 Å². The van der Waals surface area contributed by atoms with Crippen molar-refractivity contribution in [3.05, 3.63) is 59.2 Å². The van der Waals surface area contributed by atoms with Crippen LogP contribution in [0.1, 0.15) is 34.5 Å². The molecule has 3 aliphatic rings. The summed E-state index contributed by atoms with van der Waals surface area (Å²) in [5.41, 5.74) is 2.92. The molecule has 5 rings (SSSR count). The quantitative estimate of drug-likeness (QED) is 0.769. The predicted octanol–water partition coefficient (Wildman–Crippen LogP) is 3.06. The van der Waals surface area contributed by atoms with Gasteiger partial charge in [-0.3, -0.25) is 9.59 Å². The lowest BCUT2D eigenvalue weighted by molar-refractivity contribution is -0.130. The minimum Gasteiger partial charge on any atom is -0.486 e. The molecule has 6 nitrogen and oxygen atoms in total. The number of carbonyl (C=O) groups excluding carboxylic acids is 2. The first-order chi connectivity index (χ1) is 14.5. The highest BCUT2D eigenvalue weighted by Crippen LogP contribution is 2.46. The second-order valence-electron chi connectivity index (χ2n) is 8.44. The minimum absolute atomic E-state index is 0.00997. The van der Waals surface area contributed by atoms with E-state index in [1.54, 1.807) is 6.92 Å². The van der Waals surface area contributed by atoms with Gasteiger partial charge in [-0.25, -0.2) is 0 Å². The molecule has 0 N–H and O–H groups in total. The third-order valence-corrected chi connectivity index (χ3v) is 6.66. The Morgan fingerprint density at radius 1 is 0.967 bits per heavy atom. The van der Waals surface area contributed by atoms with E-state index >= 15 is 0 Å². The molecule has 156 valence electrons. The smallest absolute Gasteiger partial charge is 0.257 e. The maximum Gasteiger partial charge on any atom is 0.257 e. The van der Waals surface area contributed by atoms with Crippen molar-refractivity contribution >= 4 is 11.8 Å². The Morgan fingerprint density at radius 3 is 2.57 bits per heavy atom. The monoisotopic (exact) mass is 406 g/mol. The first-order valence-electron chi connectivity index (χ1n) is 10.5. The molecular weight excluding hydrogens is 380 g/mol. The molecule has 0 spiro atoms. The molecule has 6 heteroatoms. The molecule has 3 heterocycles. The van der Waals surface area contributed by atoms with Crippen molar-refractivity contribution in [2.24, 2.45) is 11.8 Å². The van der Waals surface area contributed by atoms with Crippen molar-refractivity contribution in [3.8, 4) is 11.5 Å². The molecule has 0 radical (unpaired) electrons. The number of benzene rings is 2. The topological polar surface area (TPSA) is 59.1 Å². The van der Waals surface area contributed by atoms with E-state index in [9.17, 15) is 9.59 Å². The first kappa shape index (κ1) is 19.0. The second kappa shape index (κ2) is 7.35. The third kappa shape index (κ3) is 3.02. The van der Waals surface area contributed by atoms with E-state index in [-0.39, 0.29) is 29.7 Å². The van der Waals surface area contributed by atoms with E-state index in [2.05, 4.69) is 19.1 Å². The highest BCUT2D eigenvalue weighted by atomic mass is 16.6. The van der Waals surface area contributed by atoms with Crippen LogP contribution in [0, 0.1) is 18.8 Å². The van der Waals surface area contributed by atoms with E-state index in [1.165, 1.54) is 11.1 Å². The van der Waals surface area contributed by atoms with Gasteiger partial charge in [0.2, 0.25) is 5.91 Å². The van der Waals surface area contributed by atoms with Gasteiger partial charge in [0.05, 0.1) is 11.6 Å². The average Bonchev–Trinajstić information content (AvgIpc) is 3.32. The normalized spacial score (nSPS) is 24.7. The summed E-state index contributed by atoms with van der Waals surface area (Å²) in [5.74, 6) is 1.76. The fraction of sp³-hybridized carbons (Fsp3) is 0.417. The summed E-state index contributed by atoms with van der Waals surface area (Å²) in [5, 5.41) is 0.